The minimum absolute atomic E-state index is 0.737. The molecule has 0 nitrogen and oxygen atoms in total. The van der Waals surface area contributed by atoms with Gasteiger partial charge in [0.1, 0.15) is 0 Å². The van der Waals surface area contributed by atoms with E-state index in [1.54, 1.807) is 51.4 Å². The van der Waals surface area contributed by atoms with E-state index in [2.05, 4.69) is 20.8 Å². The Balaban J connectivity index is 1.67. The summed E-state index contributed by atoms with van der Waals surface area (Å²) in [6.07, 6.45) is 27.1. The van der Waals surface area contributed by atoms with E-state index in [1.807, 2.05) is 0 Å². The van der Waals surface area contributed by atoms with Crippen molar-refractivity contribution in [1.82, 2.24) is 0 Å². The minimum Gasteiger partial charge on any atom is -0.0654 e. The third-order valence-corrected chi connectivity index (χ3v) is 8.18. The molecule has 2 aliphatic carbocycles. The van der Waals surface area contributed by atoms with E-state index in [4.69, 9.17) is 0 Å². The zero-order valence-electron chi connectivity index (χ0n) is 18.0. The van der Waals surface area contributed by atoms with Crippen LogP contribution in [0, 0.1) is 23.2 Å². The molecule has 0 heteroatoms. The summed E-state index contributed by atoms with van der Waals surface area (Å²) in [5.74, 6) is 3.27. The fraction of sp³-hybridized carbons (Fsp3) is 1.00. The molecule has 148 valence electrons. The Bertz CT molecular complexity index is 315. The summed E-state index contributed by atoms with van der Waals surface area (Å²) < 4.78 is 0. The Morgan fingerprint density at radius 3 is 1.84 bits per heavy atom. The van der Waals surface area contributed by atoms with Crippen molar-refractivity contribution in [3.63, 3.8) is 0 Å². The first-order valence-corrected chi connectivity index (χ1v) is 12.2. The number of rotatable bonds is 11. The molecule has 0 aromatic heterocycles. The normalized spacial score (nSPS) is 33.5. The maximum atomic E-state index is 2.48. The van der Waals surface area contributed by atoms with E-state index in [-0.39, 0.29) is 0 Å². The zero-order chi connectivity index (χ0) is 18.0. The molecule has 0 aliphatic heterocycles. The summed E-state index contributed by atoms with van der Waals surface area (Å²) in [6.45, 7) is 7.15. The van der Waals surface area contributed by atoms with Gasteiger partial charge in [-0.15, -0.1) is 0 Å². The van der Waals surface area contributed by atoms with Crippen LogP contribution in [0.25, 0.3) is 0 Å². The second-order valence-corrected chi connectivity index (χ2v) is 9.78. The molecule has 2 fully saturated rings. The molecule has 0 heterocycles. The predicted octanol–water partition coefficient (Wildman–Crippen LogP) is 8.93. The topological polar surface area (TPSA) is 0 Å². The average Bonchev–Trinajstić information content (AvgIpc) is 2.67. The molecule has 2 saturated carbocycles. The Kier molecular flexibility index (Phi) is 9.93. The highest BCUT2D eigenvalue weighted by Crippen LogP contribution is 2.49. The van der Waals surface area contributed by atoms with Crippen LogP contribution in [-0.4, -0.2) is 0 Å². The number of hydrogen-bond donors (Lipinski definition) is 0. The lowest BCUT2D eigenvalue weighted by Crippen LogP contribution is -2.31. The van der Waals surface area contributed by atoms with Crippen molar-refractivity contribution in [3.8, 4) is 0 Å². The van der Waals surface area contributed by atoms with E-state index < -0.39 is 0 Å². The van der Waals surface area contributed by atoms with Gasteiger partial charge in [0.25, 0.3) is 0 Å². The third kappa shape index (κ3) is 6.91. The van der Waals surface area contributed by atoms with Crippen LogP contribution < -0.4 is 0 Å². The molecule has 0 aromatic carbocycles. The molecular formula is C25H48. The molecule has 0 bridgehead atoms. The van der Waals surface area contributed by atoms with Crippen LogP contribution in [0.4, 0.5) is 0 Å². The lowest BCUT2D eigenvalue weighted by molar-refractivity contribution is 0.0797. The number of hydrogen-bond acceptors (Lipinski definition) is 0. The second-order valence-electron chi connectivity index (χ2n) is 9.78. The van der Waals surface area contributed by atoms with Crippen LogP contribution in [0.3, 0.4) is 0 Å². The fourth-order valence-corrected chi connectivity index (χ4v) is 6.05. The summed E-state index contributed by atoms with van der Waals surface area (Å²) in [4.78, 5) is 0. The molecule has 0 atom stereocenters. The van der Waals surface area contributed by atoms with Gasteiger partial charge in [-0.3, -0.25) is 0 Å². The molecule has 0 unspecified atom stereocenters. The van der Waals surface area contributed by atoms with Crippen LogP contribution in [0.2, 0.25) is 0 Å². The van der Waals surface area contributed by atoms with Gasteiger partial charge in [0.2, 0.25) is 0 Å². The maximum Gasteiger partial charge on any atom is -0.0300 e. The largest absolute Gasteiger partial charge is 0.0654 e. The summed E-state index contributed by atoms with van der Waals surface area (Å²) >= 11 is 0. The quantitative estimate of drug-likeness (QED) is 0.327. The van der Waals surface area contributed by atoms with E-state index in [0.717, 1.165) is 23.2 Å². The first kappa shape index (κ1) is 21.3. The highest BCUT2D eigenvalue weighted by molar-refractivity contribution is 4.88. The van der Waals surface area contributed by atoms with E-state index >= 15 is 0 Å². The molecule has 0 aromatic rings. The molecule has 0 radical (unpaired) electrons. The first-order chi connectivity index (χ1) is 12.2. The van der Waals surface area contributed by atoms with Gasteiger partial charge < -0.3 is 0 Å². The van der Waals surface area contributed by atoms with E-state index in [1.165, 1.54) is 64.2 Å². The van der Waals surface area contributed by atoms with Crippen molar-refractivity contribution in [3.05, 3.63) is 0 Å². The first-order valence-electron chi connectivity index (χ1n) is 12.2. The lowest BCUT2D eigenvalue weighted by atomic mass is 9.62. The van der Waals surface area contributed by atoms with Crippen LogP contribution in [-0.2, 0) is 0 Å². The van der Waals surface area contributed by atoms with E-state index in [9.17, 15) is 0 Å². The summed E-state index contributed by atoms with van der Waals surface area (Å²) in [5, 5.41) is 0. The Morgan fingerprint density at radius 1 is 0.640 bits per heavy atom. The van der Waals surface area contributed by atoms with Crippen molar-refractivity contribution in [2.45, 2.75) is 136 Å². The van der Waals surface area contributed by atoms with Crippen molar-refractivity contribution >= 4 is 0 Å². The number of unbranched alkanes of at least 4 members (excludes halogenated alkanes) is 5. The lowest BCUT2D eigenvalue weighted by Gasteiger charge is -2.44. The zero-order valence-corrected chi connectivity index (χ0v) is 18.0. The van der Waals surface area contributed by atoms with Gasteiger partial charge in [-0.1, -0.05) is 91.4 Å². The van der Waals surface area contributed by atoms with Gasteiger partial charge in [-0.25, -0.2) is 0 Å². The molecule has 2 rings (SSSR count). The molecule has 0 spiro atoms. The smallest absolute Gasteiger partial charge is 0.0300 e. The van der Waals surface area contributed by atoms with Crippen molar-refractivity contribution in [1.29, 1.82) is 0 Å². The molecule has 2 aliphatic rings. The maximum absolute atomic E-state index is 2.48. The highest BCUT2D eigenvalue weighted by Gasteiger charge is 2.36. The van der Waals surface area contributed by atoms with Gasteiger partial charge in [0.15, 0.2) is 0 Å². The van der Waals surface area contributed by atoms with Crippen LogP contribution in [0.1, 0.15) is 136 Å². The monoisotopic (exact) mass is 348 g/mol. The van der Waals surface area contributed by atoms with Crippen molar-refractivity contribution in [2.75, 3.05) is 0 Å². The Morgan fingerprint density at radius 2 is 1.24 bits per heavy atom. The van der Waals surface area contributed by atoms with Gasteiger partial charge in [-0.2, -0.15) is 0 Å². The standard InChI is InChI=1S/C25H48/c1-4-7-9-10-11-19-25(6-3)20-17-24(18-21-25)23-15-13-22(14-16-23)12-8-5-2/h22-24H,4-21H2,1-3H3/t22?,23?,24-,25-. The van der Waals surface area contributed by atoms with Gasteiger partial charge in [0, 0.05) is 0 Å². The van der Waals surface area contributed by atoms with Crippen molar-refractivity contribution in [2.24, 2.45) is 23.2 Å². The molecule has 25 heavy (non-hydrogen) atoms. The van der Waals surface area contributed by atoms with Gasteiger partial charge >= 0.3 is 0 Å². The van der Waals surface area contributed by atoms with Crippen LogP contribution in [0.15, 0.2) is 0 Å². The fourth-order valence-electron chi connectivity index (χ4n) is 6.05. The Labute approximate surface area is 159 Å². The predicted molar refractivity (Wildman–Crippen MR) is 113 cm³/mol. The molecular weight excluding hydrogens is 300 g/mol. The summed E-state index contributed by atoms with van der Waals surface area (Å²) in [6, 6.07) is 0. The molecule has 0 saturated heterocycles. The average molecular weight is 349 g/mol. The van der Waals surface area contributed by atoms with E-state index in [0.29, 0.717) is 0 Å². The summed E-state index contributed by atoms with van der Waals surface area (Å²) in [7, 11) is 0. The van der Waals surface area contributed by atoms with Crippen LogP contribution in [0.5, 0.6) is 0 Å². The van der Waals surface area contributed by atoms with Crippen LogP contribution >= 0.6 is 0 Å². The highest BCUT2D eigenvalue weighted by atomic mass is 14.4. The molecule has 0 amide bonds. The summed E-state index contributed by atoms with van der Waals surface area (Å²) in [5.41, 5.74) is 0.737. The Hall–Kier alpha value is 0. The minimum atomic E-state index is 0.737. The van der Waals surface area contributed by atoms with Gasteiger partial charge in [0.05, 0.1) is 0 Å². The van der Waals surface area contributed by atoms with Crippen molar-refractivity contribution < 1.29 is 0 Å². The molecule has 0 N–H and O–H groups in total. The third-order valence-electron chi connectivity index (χ3n) is 8.18. The SMILES string of the molecule is CCCCCCC[C@]1(CC)CC[C@@H](C2CCC(CCCC)CC2)CC1. The van der Waals surface area contributed by atoms with Gasteiger partial charge in [-0.05, 0) is 68.1 Å². The second kappa shape index (κ2) is 11.7.